The lowest BCUT2D eigenvalue weighted by atomic mass is 10.2. The Kier molecular flexibility index (Phi) is 5.74. The summed E-state index contributed by atoms with van der Waals surface area (Å²) in [6.07, 6.45) is 0. The topological polar surface area (TPSA) is 48.9 Å². The highest BCUT2D eigenvalue weighted by Gasteiger charge is 2.23. The molecule has 0 N–H and O–H groups in total. The highest BCUT2D eigenvalue weighted by molar-refractivity contribution is 8.00. The summed E-state index contributed by atoms with van der Waals surface area (Å²) in [5.41, 5.74) is 4.45. The first kappa shape index (κ1) is 21.0. The van der Waals surface area contributed by atoms with Crippen molar-refractivity contribution in [3.05, 3.63) is 99.7 Å². The lowest BCUT2D eigenvalue weighted by molar-refractivity contribution is 0.102. The van der Waals surface area contributed by atoms with Crippen LogP contribution in [0.25, 0.3) is 11.4 Å². The smallest absolute Gasteiger partial charge is 0.295 e. The molecule has 0 atom stereocenters. The van der Waals surface area contributed by atoms with Gasteiger partial charge in [0.25, 0.3) is 5.56 Å². The fraction of sp³-hybridized carbons (Fsp3) is 0.200. The van der Waals surface area contributed by atoms with Crippen LogP contribution in [0.1, 0.15) is 27.4 Å². The average Bonchev–Trinajstić information content (AvgIpc) is 3.19. The Hall–Kier alpha value is -3.25. The zero-order chi connectivity index (χ0) is 22.1. The molecule has 0 fully saturated rings. The summed E-state index contributed by atoms with van der Waals surface area (Å²) in [5, 5.41) is 0. The molecule has 0 aliphatic carbocycles. The zero-order valence-corrected chi connectivity index (χ0v) is 18.9. The molecule has 0 amide bonds. The Labute approximate surface area is 185 Å². The van der Waals surface area contributed by atoms with Gasteiger partial charge in [-0.2, -0.15) is 0 Å². The van der Waals surface area contributed by atoms with Crippen LogP contribution in [0.15, 0.2) is 76.4 Å². The van der Waals surface area contributed by atoms with Crippen molar-refractivity contribution in [1.82, 2.24) is 13.9 Å². The van der Waals surface area contributed by atoms with Crippen molar-refractivity contribution >= 4 is 17.5 Å². The molecule has 5 nitrogen and oxygen atoms in total. The van der Waals surface area contributed by atoms with Gasteiger partial charge >= 0.3 is 0 Å². The van der Waals surface area contributed by atoms with Crippen LogP contribution in [0, 0.1) is 20.8 Å². The summed E-state index contributed by atoms with van der Waals surface area (Å²) < 4.78 is 5.44. The Morgan fingerprint density at radius 1 is 0.903 bits per heavy atom. The molecule has 2 aromatic heterocycles. The molecular formula is C25H25N3O2S. The van der Waals surface area contributed by atoms with E-state index >= 15 is 0 Å². The number of hydrogen-bond donors (Lipinski definition) is 0. The van der Waals surface area contributed by atoms with E-state index in [1.807, 2.05) is 104 Å². The molecule has 0 spiro atoms. The maximum Gasteiger partial charge on any atom is 0.295 e. The highest BCUT2D eigenvalue weighted by atomic mass is 32.2. The second kappa shape index (κ2) is 8.47. The largest absolute Gasteiger partial charge is 0.311 e. The van der Waals surface area contributed by atoms with Crippen molar-refractivity contribution in [2.24, 2.45) is 7.05 Å². The molecule has 0 saturated heterocycles. The SMILES string of the molecule is Cc1cc(C(=O)CSc2ccccc2)c(C)n1-c1c(C)n(C)n(-c2ccccc2)c1=O. The van der Waals surface area contributed by atoms with Gasteiger partial charge in [-0.1, -0.05) is 36.4 Å². The minimum Gasteiger partial charge on any atom is -0.311 e. The number of hydrogen-bond acceptors (Lipinski definition) is 3. The average molecular weight is 432 g/mol. The number of aryl methyl sites for hydroxylation is 1. The molecule has 2 aromatic carbocycles. The summed E-state index contributed by atoms with van der Waals surface area (Å²) in [7, 11) is 1.88. The molecule has 4 aromatic rings. The van der Waals surface area contributed by atoms with Crippen LogP contribution in [0.5, 0.6) is 0 Å². The molecule has 0 aliphatic heterocycles. The Morgan fingerprint density at radius 2 is 1.52 bits per heavy atom. The van der Waals surface area contributed by atoms with Gasteiger partial charge < -0.3 is 4.57 Å². The fourth-order valence-electron chi connectivity index (χ4n) is 3.94. The van der Waals surface area contributed by atoms with Crippen LogP contribution in [-0.2, 0) is 7.05 Å². The first-order chi connectivity index (χ1) is 14.9. The van der Waals surface area contributed by atoms with E-state index in [1.54, 1.807) is 4.68 Å². The van der Waals surface area contributed by atoms with Crippen molar-refractivity contribution in [1.29, 1.82) is 0 Å². The summed E-state index contributed by atoms with van der Waals surface area (Å²) >= 11 is 1.52. The lowest BCUT2D eigenvalue weighted by Crippen LogP contribution is -2.22. The van der Waals surface area contributed by atoms with Gasteiger partial charge in [0.2, 0.25) is 0 Å². The van der Waals surface area contributed by atoms with Crippen LogP contribution < -0.4 is 5.56 Å². The number of thioether (sulfide) groups is 1. The number of para-hydroxylation sites is 1. The Morgan fingerprint density at radius 3 is 2.16 bits per heavy atom. The minimum absolute atomic E-state index is 0.0603. The second-order valence-electron chi connectivity index (χ2n) is 7.56. The Bertz CT molecular complexity index is 1300. The van der Waals surface area contributed by atoms with E-state index in [2.05, 4.69) is 0 Å². The van der Waals surface area contributed by atoms with Crippen LogP contribution in [0.4, 0.5) is 0 Å². The lowest BCUT2D eigenvalue weighted by Gasteiger charge is -2.08. The first-order valence-electron chi connectivity index (χ1n) is 10.1. The van der Waals surface area contributed by atoms with E-state index in [0.29, 0.717) is 17.0 Å². The summed E-state index contributed by atoms with van der Waals surface area (Å²) in [6, 6.07) is 21.4. The number of carbonyl (C=O) groups excluding carboxylic acids is 1. The third-order valence-corrected chi connectivity index (χ3v) is 6.60. The normalized spacial score (nSPS) is 11.1. The van der Waals surface area contributed by atoms with Crippen molar-refractivity contribution in [2.75, 3.05) is 5.75 Å². The van der Waals surface area contributed by atoms with Crippen molar-refractivity contribution in [3.8, 4) is 11.4 Å². The molecule has 4 rings (SSSR count). The van der Waals surface area contributed by atoms with Crippen molar-refractivity contribution in [3.63, 3.8) is 0 Å². The molecule has 0 aliphatic rings. The maximum atomic E-state index is 13.4. The predicted octanol–water partition coefficient (Wildman–Crippen LogP) is 4.87. The monoisotopic (exact) mass is 431 g/mol. The van der Waals surface area contributed by atoms with Gasteiger partial charge in [-0.15, -0.1) is 11.8 Å². The molecule has 6 heteroatoms. The third kappa shape index (κ3) is 3.79. The number of aromatic nitrogens is 3. The van der Waals surface area contributed by atoms with Gasteiger partial charge in [0.1, 0.15) is 5.69 Å². The fourth-order valence-corrected chi connectivity index (χ4v) is 4.75. The number of carbonyl (C=O) groups is 1. The van der Waals surface area contributed by atoms with E-state index in [1.165, 1.54) is 11.8 Å². The maximum absolute atomic E-state index is 13.4. The summed E-state index contributed by atoms with van der Waals surface area (Å²) in [5.74, 6) is 0.418. The van der Waals surface area contributed by atoms with E-state index in [-0.39, 0.29) is 11.3 Å². The molecule has 158 valence electrons. The summed E-state index contributed by atoms with van der Waals surface area (Å²) in [6.45, 7) is 5.78. The molecule has 2 heterocycles. The number of ketones is 1. The zero-order valence-electron chi connectivity index (χ0n) is 18.1. The molecule has 0 unspecified atom stereocenters. The molecule has 0 saturated carbocycles. The molecular weight excluding hydrogens is 406 g/mol. The number of rotatable bonds is 6. The van der Waals surface area contributed by atoms with E-state index in [9.17, 15) is 9.59 Å². The van der Waals surface area contributed by atoms with Gasteiger partial charge in [-0.3, -0.25) is 14.3 Å². The third-order valence-electron chi connectivity index (χ3n) is 5.59. The van der Waals surface area contributed by atoms with Crippen LogP contribution >= 0.6 is 11.8 Å². The second-order valence-corrected chi connectivity index (χ2v) is 8.60. The van der Waals surface area contributed by atoms with E-state index in [4.69, 9.17) is 0 Å². The van der Waals surface area contributed by atoms with Gasteiger partial charge in [-0.05, 0) is 51.1 Å². The van der Waals surface area contributed by atoms with Crippen LogP contribution in [-0.4, -0.2) is 25.5 Å². The van der Waals surface area contributed by atoms with E-state index < -0.39 is 0 Å². The highest BCUT2D eigenvalue weighted by Crippen LogP contribution is 2.25. The van der Waals surface area contributed by atoms with Crippen molar-refractivity contribution < 1.29 is 4.79 Å². The first-order valence-corrected chi connectivity index (χ1v) is 11.1. The van der Waals surface area contributed by atoms with Gasteiger partial charge in [0.15, 0.2) is 5.78 Å². The standard InChI is InChI=1S/C25H25N3O2S/c1-17-15-22(23(29)16-31-21-13-9-6-10-14-21)18(2)27(17)24-19(3)26(4)28(25(24)30)20-11-7-5-8-12-20/h5-15H,16H2,1-4H3. The number of nitrogens with zero attached hydrogens (tertiary/aromatic N) is 3. The number of Topliss-reactive ketones (excluding diaryl/α,β-unsaturated/α-hetero) is 1. The van der Waals surface area contributed by atoms with Crippen LogP contribution in [0.3, 0.4) is 0 Å². The van der Waals surface area contributed by atoms with Gasteiger partial charge in [0.05, 0.1) is 17.1 Å². The number of benzene rings is 2. The molecule has 31 heavy (non-hydrogen) atoms. The minimum atomic E-state index is -0.106. The van der Waals surface area contributed by atoms with Gasteiger partial charge in [0, 0.05) is 28.9 Å². The molecule has 0 radical (unpaired) electrons. The van der Waals surface area contributed by atoms with Gasteiger partial charge in [-0.25, -0.2) is 4.68 Å². The van der Waals surface area contributed by atoms with E-state index in [0.717, 1.165) is 27.7 Å². The quantitative estimate of drug-likeness (QED) is 0.323. The Balaban J connectivity index is 1.73. The van der Waals surface area contributed by atoms with Crippen molar-refractivity contribution in [2.45, 2.75) is 25.7 Å². The van der Waals surface area contributed by atoms with Crippen LogP contribution in [0.2, 0.25) is 0 Å². The summed E-state index contributed by atoms with van der Waals surface area (Å²) in [4.78, 5) is 27.5. The molecule has 0 bridgehead atoms. The predicted molar refractivity (Wildman–Crippen MR) is 126 cm³/mol.